The number of hydrogen-bond acceptors (Lipinski definition) is 5. The van der Waals surface area contributed by atoms with Crippen molar-refractivity contribution < 1.29 is 14.3 Å². The highest BCUT2D eigenvalue weighted by Crippen LogP contribution is 2.33. The molecule has 3 aromatic carbocycles. The largest absolute Gasteiger partial charge is 0.454 e. The Hall–Kier alpha value is -4.52. The lowest BCUT2D eigenvalue weighted by molar-refractivity contribution is 0.0475. The molecule has 5 aromatic rings. The third kappa shape index (κ3) is 3.51. The second-order valence-corrected chi connectivity index (χ2v) is 8.99. The Balaban J connectivity index is 1.30. The van der Waals surface area contributed by atoms with E-state index in [1.54, 1.807) is 22.8 Å². The average molecular weight is 478 g/mol. The summed E-state index contributed by atoms with van der Waals surface area (Å²) < 4.78 is 9.14. The molecule has 1 aliphatic rings. The molecule has 0 saturated heterocycles. The summed E-state index contributed by atoms with van der Waals surface area (Å²) in [4.78, 5) is 43.6. The number of carbonyl (C=O) groups excluding carboxylic acids is 2. The van der Waals surface area contributed by atoms with Crippen molar-refractivity contribution in [3.8, 4) is 11.3 Å². The van der Waals surface area contributed by atoms with Crippen molar-refractivity contribution in [2.75, 3.05) is 6.61 Å². The zero-order valence-electron chi connectivity index (χ0n) is 19.7. The molecule has 0 fully saturated rings. The molecule has 1 aliphatic heterocycles. The molecular weight excluding hydrogens is 454 g/mol. The summed E-state index contributed by atoms with van der Waals surface area (Å²) in [6.45, 7) is 0.271. The van der Waals surface area contributed by atoms with Crippen LogP contribution >= 0.6 is 0 Å². The minimum Gasteiger partial charge on any atom is -0.454 e. The lowest BCUT2D eigenvalue weighted by Gasteiger charge is -2.09. The van der Waals surface area contributed by atoms with Gasteiger partial charge in [0.1, 0.15) is 5.82 Å². The number of ether oxygens (including phenoxy) is 1. The van der Waals surface area contributed by atoms with E-state index in [2.05, 4.69) is 4.98 Å². The number of rotatable bonds is 5. The van der Waals surface area contributed by atoms with Gasteiger partial charge >= 0.3 is 5.97 Å². The minimum atomic E-state index is -0.630. The molecular formula is C29H23N3O4. The van der Waals surface area contributed by atoms with Gasteiger partial charge in [-0.2, -0.15) is 0 Å². The molecule has 0 atom stereocenters. The molecule has 7 nitrogen and oxygen atoms in total. The van der Waals surface area contributed by atoms with Crippen LogP contribution in [0.5, 0.6) is 0 Å². The van der Waals surface area contributed by atoms with Gasteiger partial charge in [0.05, 0.1) is 27.7 Å². The van der Waals surface area contributed by atoms with Gasteiger partial charge in [0.25, 0.3) is 5.56 Å². The molecule has 0 radical (unpaired) electrons. The molecule has 36 heavy (non-hydrogen) atoms. The lowest BCUT2D eigenvalue weighted by Crippen LogP contribution is -2.21. The fourth-order valence-electron chi connectivity index (χ4n) is 5.11. The van der Waals surface area contributed by atoms with Crippen LogP contribution in [0.4, 0.5) is 0 Å². The van der Waals surface area contributed by atoms with E-state index in [1.807, 2.05) is 66.2 Å². The third-order valence-corrected chi connectivity index (χ3v) is 6.82. The highest BCUT2D eigenvalue weighted by Gasteiger charge is 2.24. The van der Waals surface area contributed by atoms with E-state index in [0.717, 1.165) is 40.8 Å². The summed E-state index contributed by atoms with van der Waals surface area (Å²) in [5, 5.41) is 1.28. The number of ketones is 1. The molecule has 0 spiro atoms. The van der Waals surface area contributed by atoms with Crippen LogP contribution in [0.1, 0.15) is 33.0 Å². The van der Waals surface area contributed by atoms with Gasteiger partial charge in [-0.1, -0.05) is 48.5 Å². The number of benzene rings is 3. The first-order chi connectivity index (χ1) is 17.5. The van der Waals surface area contributed by atoms with Gasteiger partial charge in [-0.05, 0) is 36.2 Å². The van der Waals surface area contributed by atoms with Gasteiger partial charge in [0, 0.05) is 30.9 Å². The van der Waals surface area contributed by atoms with E-state index >= 15 is 0 Å². The first-order valence-electron chi connectivity index (χ1n) is 11.9. The molecule has 6 rings (SSSR count). The number of esters is 1. The minimum absolute atomic E-state index is 0.0907. The second-order valence-electron chi connectivity index (χ2n) is 8.99. The maximum atomic E-state index is 13.4. The van der Waals surface area contributed by atoms with E-state index in [0.29, 0.717) is 23.0 Å². The topological polar surface area (TPSA) is 83.2 Å². The molecule has 0 bridgehead atoms. The van der Waals surface area contributed by atoms with Crippen LogP contribution in [0.15, 0.2) is 77.6 Å². The van der Waals surface area contributed by atoms with Gasteiger partial charge in [-0.15, -0.1) is 0 Å². The summed E-state index contributed by atoms with van der Waals surface area (Å²) in [6.07, 6.45) is 1.62. The van der Waals surface area contributed by atoms with Crippen LogP contribution in [-0.2, 0) is 24.8 Å². The van der Waals surface area contributed by atoms with Crippen molar-refractivity contribution in [3.05, 3.63) is 100 Å². The molecule has 2 aromatic heterocycles. The zero-order chi connectivity index (χ0) is 24.8. The highest BCUT2D eigenvalue weighted by molar-refractivity contribution is 6.14. The average Bonchev–Trinajstić information content (AvgIpc) is 3.50. The monoisotopic (exact) mass is 477 g/mol. The van der Waals surface area contributed by atoms with Crippen molar-refractivity contribution in [2.45, 2.75) is 19.4 Å². The van der Waals surface area contributed by atoms with Gasteiger partial charge in [-0.25, -0.2) is 9.78 Å². The van der Waals surface area contributed by atoms with Crippen LogP contribution in [-0.4, -0.2) is 32.5 Å². The number of aromatic nitrogens is 3. The van der Waals surface area contributed by atoms with Crippen LogP contribution in [0.2, 0.25) is 0 Å². The standard InChI is InChI=1S/C29H23N3O4/c1-31-23-11-6-5-10-21(23)26(27(31)18-8-3-2-4-9-18)24(33)17-36-29(35)19-13-14-20-22(16-19)30-25-12-7-15-32(25)28(20)34/h2-6,8-11,13-14,16H,7,12,15,17H2,1H3. The van der Waals surface area contributed by atoms with E-state index < -0.39 is 12.6 Å². The Morgan fingerprint density at radius 2 is 1.75 bits per heavy atom. The lowest BCUT2D eigenvalue weighted by atomic mass is 10.0. The Labute approximate surface area is 206 Å². The van der Waals surface area contributed by atoms with Crippen molar-refractivity contribution >= 4 is 33.6 Å². The molecule has 178 valence electrons. The predicted octanol–water partition coefficient (Wildman–Crippen LogP) is 4.54. The van der Waals surface area contributed by atoms with Crippen molar-refractivity contribution in [1.29, 1.82) is 0 Å². The molecule has 0 aliphatic carbocycles. The van der Waals surface area contributed by atoms with Crippen LogP contribution in [0, 0.1) is 0 Å². The summed E-state index contributed by atoms with van der Waals surface area (Å²) >= 11 is 0. The molecule has 0 amide bonds. The van der Waals surface area contributed by atoms with Crippen molar-refractivity contribution in [3.63, 3.8) is 0 Å². The van der Waals surface area contributed by atoms with Crippen LogP contribution < -0.4 is 5.56 Å². The number of carbonyl (C=O) groups is 2. The summed E-state index contributed by atoms with van der Waals surface area (Å²) in [6, 6.07) is 22.1. The van der Waals surface area contributed by atoms with E-state index in [4.69, 9.17) is 4.74 Å². The van der Waals surface area contributed by atoms with Crippen LogP contribution in [0.3, 0.4) is 0 Å². The fraction of sp³-hybridized carbons (Fsp3) is 0.172. The number of aryl methyl sites for hydroxylation is 2. The number of nitrogens with zero attached hydrogens (tertiary/aromatic N) is 3. The number of fused-ring (bicyclic) bond motifs is 3. The smallest absolute Gasteiger partial charge is 0.338 e. The van der Waals surface area contributed by atoms with Crippen molar-refractivity contribution in [2.24, 2.45) is 7.05 Å². The molecule has 0 N–H and O–H groups in total. The van der Waals surface area contributed by atoms with E-state index in [1.165, 1.54) is 0 Å². The number of para-hydroxylation sites is 1. The third-order valence-electron chi connectivity index (χ3n) is 6.82. The molecule has 0 saturated carbocycles. The summed E-state index contributed by atoms with van der Waals surface area (Å²) in [7, 11) is 1.93. The first-order valence-corrected chi connectivity index (χ1v) is 11.9. The Morgan fingerprint density at radius 1 is 0.972 bits per heavy atom. The maximum Gasteiger partial charge on any atom is 0.338 e. The second kappa shape index (κ2) is 8.61. The van der Waals surface area contributed by atoms with E-state index in [-0.39, 0.29) is 16.9 Å². The van der Waals surface area contributed by atoms with E-state index in [9.17, 15) is 14.4 Å². The Kier molecular flexibility index (Phi) is 5.25. The van der Waals surface area contributed by atoms with Gasteiger partial charge in [-0.3, -0.25) is 14.2 Å². The Morgan fingerprint density at radius 3 is 2.58 bits per heavy atom. The predicted molar refractivity (Wildman–Crippen MR) is 137 cm³/mol. The van der Waals surface area contributed by atoms with Gasteiger partial charge in [0.15, 0.2) is 6.61 Å². The highest BCUT2D eigenvalue weighted by atomic mass is 16.5. The van der Waals surface area contributed by atoms with Gasteiger partial charge < -0.3 is 9.30 Å². The maximum absolute atomic E-state index is 13.4. The normalized spacial score (nSPS) is 12.7. The fourth-order valence-corrected chi connectivity index (χ4v) is 5.11. The first kappa shape index (κ1) is 22.0. The molecule has 0 unspecified atom stereocenters. The summed E-state index contributed by atoms with van der Waals surface area (Å²) in [5.41, 5.74) is 3.77. The Bertz CT molecular complexity index is 1730. The number of hydrogen-bond donors (Lipinski definition) is 0. The van der Waals surface area contributed by atoms with Gasteiger partial charge in [0.2, 0.25) is 5.78 Å². The zero-order valence-corrected chi connectivity index (χ0v) is 19.7. The number of Topliss-reactive ketones (excluding diaryl/α,β-unsaturated/α-hetero) is 1. The van der Waals surface area contributed by atoms with Crippen LogP contribution in [0.25, 0.3) is 33.1 Å². The molecule has 7 heteroatoms. The quantitative estimate of drug-likeness (QED) is 0.274. The van der Waals surface area contributed by atoms with Crippen molar-refractivity contribution in [1.82, 2.24) is 14.1 Å². The summed E-state index contributed by atoms with van der Waals surface area (Å²) in [5.74, 6) is -0.180. The SMILES string of the molecule is Cn1c(-c2ccccc2)c(C(=O)COC(=O)c2ccc3c(=O)n4c(nc3c2)CCC4)c2ccccc21. The molecule has 3 heterocycles.